The minimum Gasteiger partial charge on any atom is -0.483 e. The number of benzene rings is 1. The highest BCUT2D eigenvalue weighted by Crippen LogP contribution is 2.34. The smallest absolute Gasteiger partial charge is 0.260 e. The van der Waals surface area contributed by atoms with Crippen LogP contribution in [0.5, 0.6) is 5.75 Å². The largest absolute Gasteiger partial charge is 0.483 e. The number of nitrogens with one attached hydrogen (secondary N) is 2. The predicted octanol–water partition coefficient (Wildman–Crippen LogP) is 0.0368. The first kappa shape index (κ1) is 20.0. The number of likely N-dealkylation sites (tertiary alicyclic amines) is 1. The molecule has 0 aromatic heterocycles. The van der Waals surface area contributed by atoms with Crippen LogP contribution in [0.15, 0.2) is 18.2 Å². The average molecular weight is 426 g/mol. The second-order valence-electron chi connectivity index (χ2n) is 8.69. The maximum absolute atomic E-state index is 12.9. The number of fused-ring (bicyclic) bond motifs is 2. The minimum absolute atomic E-state index is 0.0395. The van der Waals surface area contributed by atoms with Crippen molar-refractivity contribution in [3.05, 3.63) is 29.3 Å². The molecule has 5 rings (SSSR count). The van der Waals surface area contributed by atoms with Gasteiger partial charge in [-0.25, -0.2) is 0 Å². The lowest BCUT2D eigenvalue weighted by Crippen LogP contribution is -2.52. The average Bonchev–Trinajstić information content (AvgIpc) is 3.37. The number of nitrogens with zero attached hydrogens (tertiary/aromatic N) is 2. The van der Waals surface area contributed by atoms with Crippen molar-refractivity contribution in [1.82, 2.24) is 20.4 Å². The van der Waals surface area contributed by atoms with E-state index >= 15 is 0 Å². The molecule has 0 saturated carbocycles. The SMILES string of the molecule is O=C1CCC(N2Cc3c(OCC(=O)N4CCC[C@H]5CNC[C@H]54)cccc3C2=O)C(=O)N1. The van der Waals surface area contributed by atoms with Crippen molar-refractivity contribution in [2.24, 2.45) is 5.92 Å². The zero-order valence-corrected chi connectivity index (χ0v) is 17.3. The fourth-order valence-corrected chi connectivity index (χ4v) is 5.29. The van der Waals surface area contributed by atoms with Crippen LogP contribution in [-0.4, -0.2) is 71.8 Å². The van der Waals surface area contributed by atoms with Gasteiger partial charge >= 0.3 is 0 Å². The summed E-state index contributed by atoms with van der Waals surface area (Å²) in [5, 5.41) is 5.68. The Balaban J connectivity index is 1.28. The van der Waals surface area contributed by atoms with E-state index in [9.17, 15) is 19.2 Å². The molecule has 9 nitrogen and oxygen atoms in total. The van der Waals surface area contributed by atoms with E-state index in [4.69, 9.17) is 4.74 Å². The molecule has 1 unspecified atom stereocenters. The van der Waals surface area contributed by atoms with E-state index in [-0.39, 0.29) is 43.3 Å². The van der Waals surface area contributed by atoms with E-state index < -0.39 is 11.9 Å². The Bertz CT molecular complexity index is 948. The highest BCUT2D eigenvalue weighted by atomic mass is 16.5. The van der Waals surface area contributed by atoms with Gasteiger partial charge in [0.05, 0.1) is 6.54 Å². The molecule has 4 amide bonds. The molecule has 3 fully saturated rings. The highest BCUT2D eigenvalue weighted by molar-refractivity contribution is 6.05. The van der Waals surface area contributed by atoms with Crippen molar-refractivity contribution in [3.8, 4) is 5.75 Å². The Hall–Kier alpha value is -2.94. The number of carbonyl (C=O) groups excluding carboxylic acids is 4. The number of hydrogen-bond donors (Lipinski definition) is 2. The first-order valence-corrected chi connectivity index (χ1v) is 10.9. The summed E-state index contributed by atoms with van der Waals surface area (Å²) >= 11 is 0. The summed E-state index contributed by atoms with van der Waals surface area (Å²) in [5.74, 6) is -0.0461. The summed E-state index contributed by atoms with van der Waals surface area (Å²) in [4.78, 5) is 52.9. The predicted molar refractivity (Wildman–Crippen MR) is 109 cm³/mol. The van der Waals surface area contributed by atoms with Crippen molar-refractivity contribution < 1.29 is 23.9 Å². The molecule has 31 heavy (non-hydrogen) atoms. The fourth-order valence-electron chi connectivity index (χ4n) is 5.29. The van der Waals surface area contributed by atoms with E-state index in [2.05, 4.69) is 10.6 Å². The molecule has 0 radical (unpaired) electrons. The van der Waals surface area contributed by atoms with Crippen LogP contribution in [0.3, 0.4) is 0 Å². The maximum atomic E-state index is 12.9. The third-order valence-electron chi connectivity index (χ3n) is 6.89. The minimum atomic E-state index is -0.674. The topological polar surface area (TPSA) is 108 Å². The molecule has 4 aliphatic rings. The van der Waals surface area contributed by atoms with Crippen molar-refractivity contribution >= 4 is 23.6 Å². The number of hydrogen-bond acceptors (Lipinski definition) is 6. The van der Waals surface area contributed by atoms with E-state index in [0.29, 0.717) is 29.2 Å². The number of ether oxygens (including phenoxy) is 1. The van der Waals surface area contributed by atoms with Crippen molar-refractivity contribution in [2.45, 2.75) is 44.3 Å². The van der Waals surface area contributed by atoms with Gasteiger partial charge in [-0.2, -0.15) is 0 Å². The van der Waals surface area contributed by atoms with Crippen LogP contribution in [0, 0.1) is 5.92 Å². The molecule has 0 spiro atoms. The van der Waals surface area contributed by atoms with E-state index in [1.807, 2.05) is 4.90 Å². The first-order chi connectivity index (χ1) is 15.0. The maximum Gasteiger partial charge on any atom is 0.260 e. The molecule has 4 heterocycles. The molecule has 164 valence electrons. The second kappa shape index (κ2) is 7.96. The zero-order chi connectivity index (χ0) is 21.5. The summed E-state index contributed by atoms with van der Waals surface area (Å²) in [7, 11) is 0. The van der Waals surface area contributed by atoms with Crippen molar-refractivity contribution in [1.29, 1.82) is 0 Å². The molecule has 0 aliphatic carbocycles. The standard InChI is InChI=1S/C22H26N4O5/c27-19-7-6-16(21(29)24-19)26-11-15-14(22(26)30)4-1-5-18(15)31-12-20(28)25-8-2-3-13-9-23-10-17(13)25/h1,4-5,13,16-17,23H,2-3,6-12H2,(H,24,27,29)/t13-,16?,17+/m0/s1. The number of carbonyl (C=O) groups is 4. The molecule has 1 aromatic rings. The highest BCUT2D eigenvalue weighted by Gasteiger charge is 2.41. The number of amides is 4. The quantitative estimate of drug-likeness (QED) is 0.658. The normalized spacial score (nSPS) is 27.7. The van der Waals surface area contributed by atoms with Crippen LogP contribution in [0.1, 0.15) is 41.6 Å². The zero-order valence-electron chi connectivity index (χ0n) is 17.3. The Morgan fingerprint density at radius 1 is 1.16 bits per heavy atom. The van der Waals surface area contributed by atoms with Gasteiger partial charge < -0.3 is 19.9 Å². The van der Waals surface area contributed by atoms with Gasteiger partial charge in [0, 0.05) is 43.2 Å². The summed E-state index contributed by atoms with van der Waals surface area (Å²) in [6, 6.07) is 4.74. The van der Waals surface area contributed by atoms with Crippen molar-refractivity contribution in [2.75, 3.05) is 26.2 Å². The van der Waals surface area contributed by atoms with E-state index in [1.54, 1.807) is 18.2 Å². The molecule has 1 aromatic carbocycles. The van der Waals surface area contributed by atoms with Crippen LogP contribution in [0.25, 0.3) is 0 Å². The molecular weight excluding hydrogens is 400 g/mol. The lowest BCUT2D eigenvalue weighted by Gasteiger charge is -2.37. The fraction of sp³-hybridized carbons (Fsp3) is 0.545. The molecule has 0 bridgehead atoms. The molecular formula is C22H26N4O5. The monoisotopic (exact) mass is 426 g/mol. The van der Waals surface area contributed by atoms with Crippen LogP contribution in [-0.2, 0) is 20.9 Å². The van der Waals surface area contributed by atoms with Gasteiger partial charge in [0.15, 0.2) is 6.61 Å². The summed E-state index contributed by atoms with van der Waals surface area (Å²) in [5.41, 5.74) is 1.16. The first-order valence-electron chi connectivity index (χ1n) is 10.9. The lowest BCUT2D eigenvalue weighted by atomic mass is 9.92. The third kappa shape index (κ3) is 3.56. The van der Waals surface area contributed by atoms with Gasteiger partial charge in [-0.1, -0.05) is 6.07 Å². The van der Waals surface area contributed by atoms with Gasteiger partial charge in [0.2, 0.25) is 11.8 Å². The van der Waals surface area contributed by atoms with Gasteiger partial charge in [-0.3, -0.25) is 24.5 Å². The van der Waals surface area contributed by atoms with Gasteiger partial charge in [-0.05, 0) is 37.3 Å². The molecule has 9 heteroatoms. The number of rotatable bonds is 4. The third-order valence-corrected chi connectivity index (χ3v) is 6.89. The summed E-state index contributed by atoms with van der Waals surface area (Å²) in [6.07, 6.45) is 2.67. The summed E-state index contributed by atoms with van der Waals surface area (Å²) < 4.78 is 5.90. The second-order valence-corrected chi connectivity index (χ2v) is 8.69. The van der Waals surface area contributed by atoms with E-state index in [0.717, 1.165) is 32.5 Å². The lowest BCUT2D eigenvalue weighted by molar-refractivity contribution is -0.138. The van der Waals surface area contributed by atoms with Gasteiger partial charge in [0.1, 0.15) is 11.8 Å². The molecule has 4 aliphatic heterocycles. The Morgan fingerprint density at radius 3 is 2.87 bits per heavy atom. The van der Waals surface area contributed by atoms with Crippen LogP contribution in [0.4, 0.5) is 0 Å². The summed E-state index contributed by atoms with van der Waals surface area (Å²) in [6.45, 7) is 2.68. The molecule has 2 N–H and O–H groups in total. The number of imide groups is 1. The van der Waals surface area contributed by atoms with Crippen LogP contribution >= 0.6 is 0 Å². The number of piperidine rings is 2. The Labute approximate surface area is 180 Å². The van der Waals surface area contributed by atoms with Gasteiger partial charge in [0.25, 0.3) is 11.8 Å². The Kier molecular flexibility index (Phi) is 5.13. The van der Waals surface area contributed by atoms with Crippen molar-refractivity contribution in [3.63, 3.8) is 0 Å². The van der Waals surface area contributed by atoms with Crippen LogP contribution < -0.4 is 15.4 Å². The van der Waals surface area contributed by atoms with Crippen LogP contribution in [0.2, 0.25) is 0 Å². The molecule has 3 atom stereocenters. The van der Waals surface area contributed by atoms with E-state index in [1.165, 1.54) is 4.90 Å². The van der Waals surface area contributed by atoms with Gasteiger partial charge in [-0.15, -0.1) is 0 Å². The Morgan fingerprint density at radius 2 is 2.03 bits per heavy atom. The molecule has 3 saturated heterocycles.